The van der Waals surface area contributed by atoms with Crippen molar-refractivity contribution in [3.63, 3.8) is 0 Å². The van der Waals surface area contributed by atoms with Gasteiger partial charge in [-0.25, -0.2) is 9.18 Å². The minimum absolute atomic E-state index is 0.357. The molecule has 0 atom stereocenters. The van der Waals surface area contributed by atoms with Gasteiger partial charge in [0.15, 0.2) is 11.6 Å². The SMILES string of the molecule is C=C1Nc2ccc(NC(=O)Nc3ccc(F)cc3)cc2O1. The molecule has 0 aliphatic carbocycles. The summed E-state index contributed by atoms with van der Waals surface area (Å²) in [5.41, 5.74) is 1.87. The number of halogens is 1. The van der Waals surface area contributed by atoms with Crippen molar-refractivity contribution in [3.8, 4) is 5.75 Å². The van der Waals surface area contributed by atoms with E-state index < -0.39 is 6.03 Å². The van der Waals surface area contributed by atoms with Gasteiger partial charge in [-0.15, -0.1) is 0 Å². The first kappa shape index (κ1) is 13.0. The van der Waals surface area contributed by atoms with E-state index >= 15 is 0 Å². The molecular weight excluding hydrogens is 273 g/mol. The van der Waals surface area contributed by atoms with Gasteiger partial charge in [-0.2, -0.15) is 0 Å². The second kappa shape index (κ2) is 5.16. The molecule has 0 fully saturated rings. The Morgan fingerprint density at radius 1 is 1.10 bits per heavy atom. The number of ether oxygens (including phenoxy) is 1. The number of hydrogen-bond donors (Lipinski definition) is 3. The Labute approximate surface area is 120 Å². The van der Waals surface area contributed by atoms with E-state index in [0.717, 1.165) is 5.69 Å². The van der Waals surface area contributed by atoms with Crippen LogP contribution in [0.1, 0.15) is 0 Å². The van der Waals surface area contributed by atoms with Crippen molar-refractivity contribution in [2.24, 2.45) is 0 Å². The van der Waals surface area contributed by atoms with E-state index in [0.29, 0.717) is 23.0 Å². The molecule has 2 aromatic rings. The molecule has 0 saturated heterocycles. The normalized spacial score (nSPS) is 12.1. The minimum atomic E-state index is -0.425. The highest BCUT2D eigenvalue weighted by atomic mass is 19.1. The molecule has 1 aliphatic heterocycles. The van der Waals surface area contributed by atoms with Crippen LogP contribution in [0.2, 0.25) is 0 Å². The first-order chi connectivity index (χ1) is 10.1. The number of amides is 2. The van der Waals surface area contributed by atoms with Crippen molar-refractivity contribution in [2.45, 2.75) is 0 Å². The summed E-state index contributed by atoms with van der Waals surface area (Å²) >= 11 is 0. The minimum Gasteiger partial charge on any atom is -0.439 e. The van der Waals surface area contributed by atoms with E-state index in [4.69, 9.17) is 4.74 Å². The Kier molecular flexibility index (Phi) is 3.19. The van der Waals surface area contributed by atoms with Crippen LogP contribution >= 0.6 is 0 Å². The van der Waals surface area contributed by atoms with Crippen molar-refractivity contribution in [1.82, 2.24) is 0 Å². The van der Waals surface area contributed by atoms with Crippen LogP contribution in [-0.4, -0.2) is 6.03 Å². The van der Waals surface area contributed by atoms with Gasteiger partial charge in [0.25, 0.3) is 0 Å². The summed E-state index contributed by atoms with van der Waals surface area (Å²) in [5, 5.41) is 8.21. The van der Waals surface area contributed by atoms with Gasteiger partial charge in [0.2, 0.25) is 0 Å². The first-order valence-electron chi connectivity index (χ1n) is 6.21. The maximum atomic E-state index is 12.8. The Hall–Kier alpha value is -3.02. The van der Waals surface area contributed by atoms with Crippen LogP contribution in [0.4, 0.5) is 26.2 Å². The number of nitrogens with one attached hydrogen (secondary N) is 3. The maximum Gasteiger partial charge on any atom is 0.323 e. The van der Waals surface area contributed by atoms with E-state index in [9.17, 15) is 9.18 Å². The fraction of sp³-hybridized carbons (Fsp3) is 0. The van der Waals surface area contributed by atoms with Gasteiger partial charge < -0.3 is 20.7 Å². The zero-order valence-corrected chi connectivity index (χ0v) is 10.9. The highest BCUT2D eigenvalue weighted by Crippen LogP contribution is 2.35. The summed E-state index contributed by atoms with van der Waals surface area (Å²) in [6.07, 6.45) is 0. The Morgan fingerprint density at radius 3 is 2.52 bits per heavy atom. The van der Waals surface area contributed by atoms with Gasteiger partial charge >= 0.3 is 6.03 Å². The predicted molar refractivity (Wildman–Crippen MR) is 78.9 cm³/mol. The van der Waals surface area contributed by atoms with E-state index in [1.165, 1.54) is 24.3 Å². The molecule has 0 spiro atoms. The van der Waals surface area contributed by atoms with E-state index in [2.05, 4.69) is 22.5 Å². The zero-order chi connectivity index (χ0) is 14.8. The van der Waals surface area contributed by atoms with Crippen LogP contribution in [-0.2, 0) is 0 Å². The number of carbonyl (C=O) groups is 1. The first-order valence-corrected chi connectivity index (χ1v) is 6.21. The molecule has 0 radical (unpaired) electrons. The van der Waals surface area contributed by atoms with Crippen LogP contribution in [0.3, 0.4) is 0 Å². The summed E-state index contributed by atoms with van der Waals surface area (Å²) in [5.74, 6) is 0.682. The van der Waals surface area contributed by atoms with Gasteiger partial charge in [0, 0.05) is 17.4 Å². The van der Waals surface area contributed by atoms with E-state index in [1.807, 2.05) is 0 Å². The highest BCUT2D eigenvalue weighted by Gasteiger charge is 2.15. The fourth-order valence-corrected chi connectivity index (χ4v) is 1.92. The average molecular weight is 285 g/mol. The van der Waals surface area contributed by atoms with Gasteiger partial charge in [0.05, 0.1) is 5.69 Å². The number of urea groups is 1. The predicted octanol–water partition coefficient (Wildman–Crippen LogP) is 3.75. The molecule has 3 rings (SSSR count). The molecule has 0 bridgehead atoms. The van der Waals surface area contributed by atoms with Crippen LogP contribution in [0.5, 0.6) is 5.75 Å². The highest BCUT2D eigenvalue weighted by molar-refractivity contribution is 6.00. The molecule has 106 valence electrons. The van der Waals surface area contributed by atoms with E-state index in [-0.39, 0.29) is 5.82 Å². The molecule has 3 N–H and O–H groups in total. The van der Waals surface area contributed by atoms with Crippen LogP contribution in [0.15, 0.2) is 54.9 Å². The summed E-state index contributed by atoms with van der Waals surface area (Å²) < 4.78 is 18.1. The summed E-state index contributed by atoms with van der Waals surface area (Å²) in [6.45, 7) is 3.66. The third-order valence-corrected chi connectivity index (χ3v) is 2.85. The summed E-state index contributed by atoms with van der Waals surface area (Å²) in [4.78, 5) is 11.8. The van der Waals surface area contributed by atoms with Crippen molar-refractivity contribution in [2.75, 3.05) is 16.0 Å². The Bertz CT molecular complexity index is 713. The molecule has 5 nitrogen and oxygen atoms in total. The lowest BCUT2D eigenvalue weighted by Crippen LogP contribution is -2.19. The molecule has 2 amide bonds. The number of rotatable bonds is 2. The quantitative estimate of drug-likeness (QED) is 0.787. The number of benzene rings is 2. The second-order valence-electron chi connectivity index (χ2n) is 4.45. The lowest BCUT2D eigenvalue weighted by atomic mass is 10.2. The van der Waals surface area contributed by atoms with Crippen molar-refractivity contribution in [3.05, 3.63) is 60.7 Å². The fourth-order valence-electron chi connectivity index (χ4n) is 1.92. The standard InChI is InChI=1S/C15H12FN3O2/c1-9-17-13-7-6-12(8-14(13)21-9)19-15(20)18-11-4-2-10(16)3-5-11/h2-8,17H,1H2,(H2,18,19,20). The number of hydrogen-bond acceptors (Lipinski definition) is 3. The maximum absolute atomic E-state index is 12.8. The number of anilines is 3. The van der Waals surface area contributed by atoms with Crippen molar-refractivity contribution < 1.29 is 13.9 Å². The van der Waals surface area contributed by atoms with Crippen molar-refractivity contribution in [1.29, 1.82) is 0 Å². The number of carbonyl (C=O) groups excluding carboxylic acids is 1. The average Bonchev–Trinajstić information content (AvgIpc) is 2.80. The van der Waals surface area contributed by atoms with Crippen LogP contribution < -0.4 is 20.7 Å². The van der Waals surface area contributed by atoms with E-state index in [1.54, 1.807) is 18.2 Å². The molecule has 1 heterocycles. The zero-order valence-electron chi connectivity index (χ0n) is 10.9. The molecule has 6 heteroatoms. The number of fused-ring (bicyclic) bond motifs is 1. The largest absolute Gasteiger partial charge is 0.439 e. The van der Waals surface area contributed by atoms with Gasteiger partial charge in [-0.1, -0.05) is 0 Å². The molecule has 21 heavy (non-hydrogen) atoms. The van der Waals surface area contributed by atoms with Gasteiger partial charge in [-0.3, -0.25) is 0 Å². The Morgan fingerprint density at radius 2 is 1.76 bits per heavy atom. The monoisotopic (exact) mass is 285 g/mol. The Balaban J connectivity index is 1.66. The molecule has 0 saturated carbocycles. The topological polar surface area (TPSA) is 62.4 Å². The molecule has 1 aliphatic rings. The lowest BCUT2D eigenvalue weighted by molar-refractivity contribution is 0.262. The molecule has 2 aromatic carbocycles. The third kappa shape index (κ3) is 2.94. The lowest BCUT2D eigenvalue weighted by Gasteiger charge is -2.08. The van der Waals surface area contributed by atoms with Gasteiger partial charge in [-0.05, 0) is 43.0 Å². The van der Waals surface area contributed by atoms with Crippen LogP contribution in [0.25, 0.3) is 0 Å². The van der Waals surface area contributed by atoms with Gasteiger partial charge in [0.1, 0.15) is 5.82 Å². The second-order valence-corrected chi connectivity index (χ2v) is 4.45. The summed E-state index contributed by atoms with van der Waals surface area (Å²) in [7, 11) is 0. The third-order valence-electron chi connectivity index (χ3n) is 2.85. The van der Waals surface area contributed by atoms with Crippen LogP contribution in [0, 0.1) is 5.82 Å². The molecular formula is C15H12FN3O2. The summed E-state index contributed by atoms with van der Waals surface area (Å²) in [6, 6.07) is 10.3. The smallest absolute Gasteiger partial charge is 0.323 e. The van der Waals surface area contributed by atoms with Crippen molar-refractivity contribution >= 4 is 23.1 Å². The molecule has 0 aromatic heterocycles. The molecule has 0 unspecified atom stereocenters.